The summed E-state index contributed by atoms with van der Waals surface area (Å²) in [4.78, 5) is 0. The van der Waals surface area contributed by atoms with Crippen molar-refractivity contribution in [3.63, 3.8) is 0 Å². The Hall–Kier alpha value is 0.170. The van der Waals surface area contributed by atoms with Crippen LogP contribution in [0.1, 0.15) is 6.42 Å². The predicted octanol–water partition coefficient (Wildman–Crippen LogP) is -0.509. The molecule has 1 atom stereocenters. The third kappa shape index (κ3) is 6.29. The van der Waals surface area contributed by atoms with Crippen LogP contribution >= 0.6 is 11.6 Å². The van der Waals surface area contributed by atoms with Crippen LogP contribution in [-0.4, -0.2) is 31.6 Å². The number of halogens is 1. The Morgan fingerprint density at radius 1 is 1.50 bits per heavy atom. The maximum absolute atomic E-state index is 5.64. The number of nitrogens with one attached hydrogen (secondary N) is 1. The molecule has 3 nitrogen and oxygen atoms in total. The van der Waals surface area contributed by atoms with Gasteiger partial charge in [-0.15, -0.1) is 11.6 Å². The third-order valence-electron chi connectivity index (χ3n) is 1.21. The first-order chi connectivity index (χ1) is 4.81. The van der Waals surface area contributed by atoms with Crippen LogP contribution in [0.3, 0.4) is 0 Å². The van der Waals surface area contributed by atoms with Crippen LogP contribution in [0.2, 0.25) is 0 Å². The van der Waals surface area contributed by atoms with Gasteiger partial charge in [-0.1, -0.05) is 0 Å². The minimum Gasteiger partial charge on any atom is -0.329 e. The highest BCUT2D eigenvalue weighted by molar-refractivity contribution is 6.17. The van der Waals surface area contributed by atoms with Gasteiger partial charge in [-0.3, -0.25) is 0 Å². The van der Waals surface area contributed by atoms with Crippen LogP contribution in [0, 0.1) is 0 Å². The quantitative estimate of drug-likeness (QED) is 0.367. The molecule has 0 bridgehead atoms. The van der Waals surface area contributed by atoms with E-state index in [9.17, 15) is 0 Å². The minimum absolute atomic E-state index is 0.170. The number of nitrogens with two attached hydrogens (primary N) is 2. The zero-order chi connectivity index (χ0) is 7.82. The van der Waals surface area contributed by atoms with Gasteiger partial charge >= 0.3 is 0 Å². The standard InChI is InChI=1S/C6H16ClN3/c7-2-1-6(9)5-10-4-3-8/h6,10H,1-5,8-9H2. The van der Waals surface area contributed by atoms with E-state index in [-0.39, 0.29) is 6.04 Å². The molecule has 10 heavy (non-hydrogen) atoms. The molecule has 0 radical (unpaired) electrons. The molecule has 62 valence electrons. The summed E-state index contributed by atoms with van der Waals surface area (Å²) in [6.07, 6.45) is 0.860. The average molecular weight is 166 g/mol. The molecule has 0 fully saturated rings. The molecule has 0 amide bonds. The highest BCUT2D eigenvalue weighted by atomic mass is 35.5. The summed E-state index contributed by atoms with van der Waals surface area (Å²) in [6.45, 7) is 2.30. The zero-order valence-electron chi connectivity index (χ0n) is 6.15. The summed E-state index contributed by atoms with van der Waals surface area (Å²) >= 11 is 5.48. The molecule has 0 aromatic heterocycles. The van der Waals surface area contributed by atoms with Crippen molar-refractivity contribution in [1.82, 2.24) is 5.32 Å². The predicted molar refractivity (Wildman–Crippen MR) is 45.2 cm³/mol. The van der Waals surface area contributed by atoms with Gasteiger partial charge in [-0.25, -0.2) is 0 Å². The second kappa shape index (κ2) is 7.28. The van der Waals surface area contributed by atoms with E-state index >= 15 is 0 Å². The van der Waals surface area contributed by atoms with Crippen molar-refractivity contribution in [2.75, 3.05) is 25.5 Å². The van der Waals surface area contributed by atoms with E-state index in [0.29, 0.717) is 12.4 Å². The molecule has 0 aliphatic heterocycles. The molecule has 0 aromatic rings. The molecule has 0 rings (SSSR count). The molecule has 0 spiro atoms. The highest BCUT2D eigenvalue weighted by Crippen LogP contribution is 1.88. The summed E-state index contributed by atoms with van der Waals surface area (Å²) in [7, 11) is 0. The van der Waals surface area contributed by atoms with Gasteiger partial charge in [-0.2, -0.15) is 0 Å². The topological polar surface area (TPSA) is 64.1 Å². The van der Waals surface area contributed by atoms with E-state index in [1.807, 2.05) is 0 Å². The molecule has 5 N–H and O–H groups in total. The molecule has 4 heteroatoms. The van der Waals surface area contributed by atoms with Gasteiger partial charge in [0, 0.05) is 31.6 Å². The van der Waals surface area contributed by atoms with E-state index in [2.05, 4.69) is 5.32 Å². The first-order valence-corrected chi connectivity index (χ1v) is 4.07. The van der Waals surface area contributed by atoms with Crippen LogP contribution in [0.4, 0.5) is 0 Å². The van der Waals surface area contributed by atoms with Crippen LogP contribution in [0.25, 0.3) is 0 Å². The van der Waals surface area contributed by atoms with E-state index in [0.717, 1.165) is 19.5 Å². The Balaban J connectivity index is 2.97. The fourth-order valence-electron chi connectivity index (χ4n) is 0.632. The Bertz CT molecular complexity index is 70.0. The number of hydrogen-bond acceptors (Lipinski definition) is 3. The van der Waals surface area contributed by atoms with Crippen molar-refractivity contribution in [3.05, 3.63) is 0 Å². The lowest BCUT2D eigenvalue weighted by Crippen LogP contribution is -2.36. The monoisotopic (exact) mass is 165 g/mol. The van der Waals surface area contributed by atoms with Crippen LogP contribution in [0.15, 0.2) is 0 Å². The molecule has 0 aliphatic rings. The van der Waals surface area contributed by atoms with Crippen molar-refractivity contribution >= 4 is 11.6 Å². The van der Waals surface area contributed by atoms with Crippen molar-refractivity contribution in [2.45, 2.75) is 12.5 Å². The lowest BCUT2D eigenvalue weighted by atomic mass is 10.2. The van der Waals surface area contributed by atoms with E-state index in [4.69, 9.17) is 23.1 Å². The molecule has 0 aromatic carbocycles. The molecular formula is C6H16ClN3. The summed E-state index contributed by atoms with van der Waals surface area (Å²) in [5, 5.41) is 3.11. The van der Waals surface area contributed by atoms with Gasteiger partial charge in [0.1, 0.15) is 0 Å². The van der Waals surface area contributed by atoms with Crippen LogP contribution < -0.4 is 16.8 Å². The highest BCUT2D eigenvalue weighted by Gasteiger charge is 1.98. The fourth-order valence-corrected chi connectivity index (χ4v) is 0.912. The Morgan fingerprint density at radius 2 is 2.20 bits per heavy atom. The van der Waals surface area contributed by atoms with E-state index in [1.54, 1.807) is 0 Å². The molecule has 0 saturated heterocycles. The van der Waals surface area contributed by atoms with Crippen LogP contribution in [0.5, 0.6) is 0 Å². The largest absolute Gasteiger partial charge is 0.329 e. The van der Waals surface area contributed by atoms with Gasteiger partial charge in [0.15, 0.2) is 0 Å². The van der Waals surface area contributed by atoms with Crippen molar-refractivity contribution in [2.24, 2.45) is 11.5 Å². The minimum atomic E-state index is 0.170. The van der Waals surface area contributed by atoms with Crippen molar-refractivity contribution in [1.29, 1.82) is 0 Å². The van der Waals surface area contributed by atoms with Gasteiger partial charge in [-0.05, 0) is 6.42 Å². The summed E-state index contributed by atoms with van der Waals surface area (Å²) < 4.78 is 0. The maximum Gasteiger partial charge on any atom is 0.0238 e. The molecule has 0 heterocycles. The van der Waals surface area contributed by atoms with Crippen molar-refractivity contribution < 1.29 is 0 Å². The summed E-state index contributed by atoms with van der Waals surface area (Å²) in [5.74, 6) is 0.630. The summed E-state index contributed by atoms with van der Waals surface area (Å²) in [5.41, 5.74) is 10.9. The fraction of sp³-hybridized carbons (Fsp3) is 1.00. The first kappa shape index (κ1) is 10.2. The van der Waals surface area contributed by atoms with E-state index < -0.39 is 0 Å². The molecule has 1 unspecified atom stereocenters. The lowest BCUT2D eigenvalue weighted by Gasteiger charge is -2.09. The normalized spacial score (nSPS) is 13.5. The zero-order valence-corrected chi connectivity index (χ0v) is 6.90. The van der Waals surface area contributed by atoms with Crippen LogP contribution in [-0.2, 0) is 0 Å². The Morgan fingerprint density at radius 3 is 2.70 bits per heavy atom. The average Bonchev–Trinajstić information content (AvgIpc) is 1.89. The van der Waals surface area contributed by atoms with Gasteiger partial charge in [0.05, 0.1) is 0 Å². The second-order valence-electron chi connectivity index (χ2n) is 2.23. The SMILES string of the molecule is NCCNCC(N)CCCl. The smallest absolute Gasteiger partial charge is 0.0238 e. The Kier molecular flexibility index (Phi) is 7.40. The molecular weight excluding hydrogens is 150 g/mol. The third-order valence-corrected chi connectivity index (χ3v) is 1.43. The maximum atomic E-state index is 5.64. The second-order valence-corrected chi connectivity index (χ2v) is 2.61. The van der Waals surface area contributed by atoms with Crippen molar-refractivity contribution in [3.8, 4) is 0 Å². The number of alkyl halides is 1. The first-order valence-electron chi connectivity index (χ1n) is 3.53. The number of hydrogen-bond donors (Lipinski definition) is 3. The number of rotatable bonds is 6. The van der Waals surface area contributed by atoms with E-state index in [1.165, 1.54) is 0 Å². The van der Waals surface area contributed by atoms with Gasteiger partial charge in [0.25, 0.3) is 0 Å². The lowest BCUT2D eigenvalue weighted by molar-refractivity contribution is 0.570. The van der Waals surface area contributed by atoms with Gasteiger partial charge in [0.2, 0.25) is 0 Å². The molecule has 0 saturated carbocycles. The Labute approximate surface area is 67.1 Å². The van der Waals surface area contributed by atoms with Gasteiger partial charge < -0.3 is 16.8 Å². The molecule has 0 aliphatic carbocycles. The summed E-state index contributed by atoms with van der Waals surface area (Å²) in [6, 6.07) is 0.170.